The standard InChI is InChI=1S/C28H41N3O4S/c1-6-8-19-29-28(33)26(7-2)30(20-18-23-12-10-9-11-13-23)27(32)21-31(36(5,34)35)25-16-14-24(15-17-25)22(3)4/h9-17,22,26H,6-8,18-21H2,1-5H3,(H,29,33)/t26-/m1/s1. The zero-order chi connectivity index (χ0) is 26.7. The molecule has 0 unspecified atom stereocenters. The summed E-state index contributed by atoms with van der Waals surface area (Å²) in [6, 6.07) is 16.3. The first-order valence-corrected chi connectivity index (χ1v) is 14.6. The Morgan fingerprint density at radius 2 is 1.61 bits per heavy atom. The van der Waals surface area contributed by atoms with Gasteiger partial charge in [-0.2, -0.15) is 0 Å². The van der Waals surface area contributed by atoms with Gasteiger partial charge in [0.2, 0.25) is 21.8 Å². The normalized spacial score (nSPS) is 12.3. The van der Waals surface area contributed by atoms with Crippen molar-refractivity contribution in [3.63, 3.8) is 0 Å². The smallest absolute Gasteiger partial charge is 0.244 e. The van der Waals surface area contributed by atoms with Crippen LogP contribution in [-0.2, 0) is 26.0 Å². The second kappa shape index (κ2) is 14.0. The summed E-state index contributed by atoms with van der Waals surface area (Å²) < 4.78 is 26.5. The number of anilines is 1. The van der Waals surface area contributed by atoms with Crippen LogP contribution in [0, 0.1) is 0 Å². The highest BCUT2D eigenvalue weighted by Crippen LogP contribution is 2.22. The van der Waals surface area contributed by atoms with Gasteiger partial charge in [-0.15, -0.1) is 0 Å². The fourth-order valence-electron chi connectivity index (χ4n) is 4.04. The third kappa shape index (κ3) is 8.66. The van der Waals surface area contributed by atoms with Crippen molar-refractivity contribution in [2.45, 2.75) is 65.3 Å². The average molecular weight is 516 g/mol. The highest BCUT2D eigenvalue weighted by atomic mass is 32.2. The topological polar surface area (TPSA) is 86.8 Å². The van der Waals surface area contributed by atoms with Crippen molar-refractivity contribution in [1.82, 2.24) is 10.2 Å². The van der Waals surface area contributed by atoms with Gasteiger partial charge >= 0.3 is 0 Å². The van der Waals surface area contributed by atoms with Crippen LogP contribution in [0.15, 0.2) is 54.6 Å². The summed E-state index contributed by atoms with van der Waals surface area (Å²) in [6.07, 6.45) is 3.90. The zero-order valence-corrected chi connectivity index (χ0v) is 23.1. The van der Waals surface area contributed by atoms with Crippen molar-refractivity contribution in [3.8, 4) is 0 Å². The molecule has 2 aromatic carbocycles. The molecule has 8 heteroatoms. The number of amides is 2. The number of benzene rings is 2. The van der Waals surface area contributed by atoms with E-state index in [1.54, 1.807) is 12.1 Å². The van der Waals surface area contributed by atoms with Gasteiger partial charge in [-0.05, 0) is 48.4 Å². The summed E-state index contributed by atoms with van der Waals surface area (Å²) >= 11 is 0. The Hall–Kier alpha value is -2.87. The zero-order valence-electron chi connectivity index (χ0n) is 22.2. The van der Waals surface area contributed by atoms with Gasteiger partial charge in [0.25, 0.3) is 0 Å². The number of hydrogen-bond donors (Lipinski definition) is 1. The van der Waals surface area contributed by atoms with Crippen LogP contribution in [0.2, 0.25) is 0 Å². The van der Waals surface area contributed by atoms with E-state index in [1.807, 2.05) is 56.3 Å². The van der Waals surface area contributed by atoms with Crippen LogP contribution in [0.5, 0.6) is 0 Å². The Labute approximate surface area is 216 Å². The van der Waals surface area contributed by atoms with Crippen LogP contribution in [0.4, 0.5) is 5.69 Å². The minimum absolute atomic E-state index is 0.209. The van der Waals surface area contributed by atoms with Crippen LogP contribution in [0.3, 0.4) is 0 Å². The predicted molar refractivity (Wildman–Crippen MR) is 147 cm³/mol. The Balaban J connectivity index is 2.33. The van der Waals surface area contributed by atoms with Crippen LogP contribution in [-0.4, -0.2) is 57.1 Å². The van der Waals surface area contributed by atoms with Gasteiger partial charge in [0.1, 0.15) is 12.6 Å². The van der Waals surface area contributed by atoms with Gasteiger partial charge < -0.3 is 10.2 Å². The quantitative estimate of drug-likeness (QED) is 0.379. The minimum atomic E-state index is -3.73. The van der Waals surface area contributed by atoms with Gasteiger partial charge in [0.05, 0.1) is 11.9 Å². The molecule has 2 amide bonds. The van der Waals surface area contributed by atoms with E-state index in [0.29, 0.717) is 37.5 Å². The number of carbonyl (C=O) groups is 2. The molecule has 0 heterocycles. The summed E-state index contributed by atoms with van der Waals surface area (Å²) in [7, 11) is -3.73. The molecule has 0 aliphatic heterocycles. The lowest BCUT2D eigenvalue weighted by Gasteiger charge is -2.33. The van der Waals surface area contributed by atoms with Crippen molar-refractivity contribution >= 4 is 27.5 Å². The first-order valence-electron chi connectivity index (χ1n) is 12.8. The third-order valence-corrected chi connectivity index (χ3v) is 7.37. The molecule has 0 bridgehead atoms. The van der Waals surface area contributed by atoms with E-state index < -0.39 is 22.0 Å². The van der Waals surface area contributed by atoms with Crippen molar-refractivity contribution in [2.75, 3.05) is 30.2 Å². The lowest BCUT2D eigenvalue weighted by Crippen LogP contribution is -2.53. The fourth-order valence-corrected chi connectivity index (χ4v) is 4.89. The highest BCUT2D eigenvalue weighted by molar-refractivity contribution is 7.92. The number of carbonyl (C=O) groups excluding carboxylic acids is 2. The number of unbranched alkanes of at least 4 members (excludes halogenated alkanes) is 1. The van der Waals surface area contributed by atoms with Crippen LogP contribution in [0.1, 0.15) is 64.0 Å². The van der Waals surface area contributed by atoms with Gasteiger partial charge in [-0.3, -0.25) is 13.9 Å². The van der Waals surface area contributed by atoms with E-state index in [1.165, 1.54) is 4.90 Å². The van der Waals surface area contributed by atoms with Crippen LogP contribution < -0.4 is 9.62 Å². The van der Waals surface area contributed by atoms with E-state index in [-0.39, 0.29) is 12.5 Å². The second-order valence-corrected chi connectivity index (χ2v) is 11.3. The van der Waals surface area contributed by atoms with E-state index >= 15 is 0 Å². The molecule has 0 aromatic heterocycles. The van der Waals surface area contributed by atoms with Gasteiger partial charge in [0.15, 0.2) is 0 Å². The summed E-state index contributed by atoms with van der Waals surface area (Å²) in [6.45, 7) is 8.53. The molecular weight excluding hydrogens is 474 g/mol. The number of hydrogen-bond acceptors (Lipinski definition) is 4. The Bertz CT molecular complexity index is 1070. The second-order valence-electron chi connectivity index (χ2n) is 9.41. The molecule has 0 aliphatic carbocycles. The van der Waals surface area contributed by atoms with Gasteiger partial charge in [0, 0.05) is 13.1 Å². The Morgan fingerprint density at radius 1 is 0.972 bits per heavy atom. The first-order chi connectivity index (χ1) is 17.1. The molecular formula is C28H41N3O4S. The molecule has 0 saturated heterocycles. The summed E-state index contributed by atoms with van der Waals surface area (Å²) in [4.78, 5) is 28.2. The van der Waals surface area contributed by atoms with E-state index in [9.17, 15) is 18.0 Å². The molecule has 0 fully saturated rings. The van der Waals surface area contributed by atoms with Crippen LogP contribution in [0.25, 0.3) is 0 Å². The maximum atomic E-state index is 13.6. The number of nitrogens with zero attached hydrogens (tertiary/aromatic N) is 2. The molecule has 36 heavy (non-hydrogen) atoms. The van der Waals surface area contributed by atoms with Crippen molar-refractivity contribution in [1.29, 1.82) is 0 Å². The SMILES string of the molecule is CCCCNC(=O)[C@@H](CC)N(CCc1ccccc1)C(=O)CN(c1ccc(C(C)C)cc1)S(C)(=O)=O. The maximum absolute atomic E-state index is 13.6. The van der Waals surface area contributed by atoms with E-state index in [2.05, 4.69) is 19.2 Å². The number of rotatable bonds is 14. The first kappa shape index (κ1) is 29.4. The molecule has 0 spiro atoms. The molecule has 2 rings (SSSR count). The van der Waals surface area contributed by atoms with Gasteiger partial charge in [-0.1, -0.05) is 76.6 Å². The van der Waals surface area contributed by atoms with Crippen molar-refractivity contribution in [3.05, 3.63) is 65.7 Å². The molecule has 1 N–H and O–H groups in total. The molecule has 0 radical (unpaired) electrons. The summed E-state index contributed by atoms with van der Waals surface area (Å²) in [5.74, 6) is -0.307. The molecule has 1 atom stereocenters. The highest BCUT2D eigenvalue weighted by Gasteiger charge is 2.31. The maximum Gasteiger partial charge on any atom is 0.244 e. The van der Waals surface area contributed by atoms with Crippen LogP contribution >= 0.6 is 0 Å². The lowest BCUT2D eigenvalue weighted by atomic mass is 10.0. The van der Waals surface area contributed by atoms with E-state index in [4.69, 9.17) is 0 Å². The predicted octanol–water partition coefficient (Wildman–Crippen LogP) is 4.34. The molecule has 2 aromatic rings. The Kier molecular flexibility index (Phi) is 11.4. The van der Waals surface area contributed by atoms with Crippen molar-refractivity contribution < 1.29 is 18.0 Å². The minimum Gasteiger partial charge on any atom is -0.354 e. The monoisotopic (exact) mass is 515 g/mol. The molecule has 198 valence electrons. The largest absolute Gasteiger partial charge is 0.354 e. The average Bonchev–Trinajstić information content (AvgIpc) is 2.85. The van der Waals surface area contributed by atoms with E-state index in [0.717, 1.165) is 34.5 Å². The summed E-state index contributed by atoms with van der Waals surface area (Å²) in [5.41, 5.74) is 2.55. The lowest BCUT2D eigenvalue weighted by molar-refractivity contribution is -0.139. The molecule has 7 nitrogen and oxygen atoms in total. The Morgan fingerprint density at radius 3 is 2.14 bits per heavy atom. The molecule has 0 aliphatic rings. The van der Waals surface area contributed by atoms with Gasteiger partial charge in [-0.25, -0.2) is 8.42 Å². The summed E-state index contributed by atoms with van der Waals surface area (Å²) in [5, 5.41) is 2.94. The fraction of sp³-hybridized carbons (Fsp3) is 0.500. The number of sulfonamides is 1. The van der Waals surface area contributed by atoms with Crippen molar-refractivity contribution in [2.24, 2.45) is 0 Å². The number of nitrogens with one attached hydrogen (secondary N) is 1. The molecule has 0 saturated carbocycles. The third-order valence-electron chi connectivity index (χ3n) is 6.23.